The van der Waals surface area contributed by atoms with Crippen molar-refractivity contribution in [2.45, 2.75) is 31.7 Å². The number of nitro groups is 1. The molecule has 33 heavy (non-hydrogen) atoms. The Kier molecular flexibility index (Phi) is 7.44. The van der Waals surface area contributed by atoms with Crippen molar-refractivity contribution >= 4 is 40.7 Å². The second-order valence-corrected chi connectivity index (χ2v) is 7.96. The van der Waals surface area contributed by atoms with Gasteiger partial charge < -0.3 is 15.1 Å². The van der Waals surface area contributed by atoms with Gasteiger partial charge in [-0.25, -0.2) is 0 Å². The van der Waals surface area contributed by atoms with E-state index in [-0.39, 0.29) is 35.4 Å². The molecule has 1 saturated heterocycles. The predicted octanol–water partition coefficient (Wildman–Crippen LogP) is 4.31. The number of Topliss-reactive ketones (excluding diaryl/α,β-unsaturated/α-hetero) is 1. The average molecular weight is 473 g/mol. The molecule has 2 aromatic rings. The molecule has 1 amide bonds. The maximum Gasteiger partial charge on any atom is 0.303 e. The van der Waals surface area contributed by atoms with Gasteiger partial charge in [0, 0.05) is 29.6 Å². The number of aliphatic carboxylic acids is 1. The standard InChI is InChI=1S/C23H21ClN2O7/c24-15-11-9-14(10-12-15)21(29)19-20(16-6-3-4-7-17(16)26(32)33)25(23(31)22(19)30)13-5-1-2-8-18(27)28/h3-4,6-7,9-12,20,29H,1-2,5,8,13H2,(H,27,28)/b21-19+. The molecule has 2 N–H and O–H groups in total. The zero-order valence-electron chi connectivity index (χ0n) is 17.4. The van der Waals surface area contributed by atoms with Gasteiger partial charge in [-0.2, -0.15) is 0 Å². The first-order valence-corrected chi connectivity index (χ1v) is 10.6. The first kappa shape index (κ1) is 23.9. The lowest BCUT2D eigenvalue weighted by atomic mass is 9.94. The van der Waals surface area contributed by atoms with Crippen LogP contribution in [-0.4, -0.2) is 44.2 Å². The van der Waals surface area contributed by atoms with E-state index in [1.807, 2.05) is 0 Å². The normalized spacial score (nSPS) is 17.4. The van der Waals surface area contributed by atoms with Crippen LogP contribution in [0.5, 0.6) is 0 Å². The largest absolute Gasteiger partial charge is 0.507 e. The van der Waals surface area contributed by atoms with E-state index >= 15 is 0 Å². The molecule has 0 spiro atoms. The summed E-state index contributed by atoms with van der Waals surface area (Å²) in [5.41, 5.74) is -0.199. The number of rotatable bonds is 9. The number of aliphatic hydroxyl groups is 1. The smallest absolute Gasteiger partial charge is 0.303 e. The predicted molar refractivity (Wildman–Crippen MR) is 120 cm³/mol. The molecule has 1 fully saturated rings. The van der Waals surface area contributed by atoms with Gasteiger partial charge in [0.2, 0.25) is 0 Å². The van der Waals surface area contributed by atoms with Crippen LogP contribution in [0.2, 0.25) is 5.02 Å². The molecule has 9 nitrogen and oxygen atoms in total. The summed E-state index contributed by atoms with van der Waals surface area (Å²) in [4.78, 5) is 48.8. The number of nitrogens with zero attached hydrogens (tertiary/aromatic N) is 2. The summed E-state index contributed by atoms with van der Waals surface area (Å²) in [7, 11) is 0. The van der Waals surface area contributed by atoms with Gasteiger partial charge in [-0.15, -0.1) is 0 Å². The van der Waals surface area contributed by atoms with Crippen LogP contribution in [-0.2, 0) is 14.4 Å². The Hall–Kier alpha value is -3.72. The van der Waals surface area contributed by atoms with Crippen molar-refractivity contribution in [3.05, 3.63) is 80.4 Å². The maximum absolute atomic E-state index is 13.0. The summed E-state index contributed by atoms with van der Waals surface area (Å²) in [6, 6.07) is 10.6. The third-order valence-corrected chi connectivity index (χ3v) is 5.63. The fourth-order valence-electron chi connectivity index (χ4n) is 3.82. The second-order valence-electron chi connectivity index (χ2n) is 7.52. The number of benzene rings is 2. The van der Waals surface area contributed by atoms with Crippen molar-refractivity contribution in [2.75, 3.05) is 6.54 Å². The van der Waals surface area contributed by atoms with Crippen LogP contribution in [0.1, 0.15) is 42.9 Å². The van der Waals surface area contributed by atoms with Crippen LogP contribution in [0, 0.1) is 10.1 Å². The quantitative estimate of drug-likeness (QED) is 0.138. The van der Waals surface area contributed by atoms with Crippen molar-refractivity contribution in [2.24, 2.45) is 0 Å². The van der Waals surface area contributed by atoms with Crippen LogP contribution in [0.4, 0.5) is 5.69 Å². The highest BCUT2D eigenvalue weighted by atomic mass is 35.5. The van der Waals surface area contributed by atoms with Crippen LogP contribution in [0.3, 0.4) is 0 Å². The van der Waals surface area contributed by atoms with Gasteiger partial charge in [0.25, 0.3) is 17.4 Å². The summed E-state index contributed by atoms with van der Waals surface area (Å²) >= 11 is 5.89. The number of carboxylic acid groups (broad SMARTS) is 1. The molecular weight excluding hydrogens is 452 g/mol. The number of aliphatic hydroxyl groups excluding tert-OH is 1. The first-order chi connectivity index (χ1) is 15.7. The zero-order valence-corrected chi connectivity index (χ0v) is 18.2. The Morgan fingerprint density at radius 3 is 2.33 bits per heavy atom. The minimum Gasteiger partial charge on any atom is -0.507 e. The summed E-state index contributed by atoms with van der Waals surface area (Å²) in [5.74, 6) is -3.22. The molecule has 3 rings (SSSR count). The van der Waals surface area contributed by atoms with E-state index in [0.29, 0.717) is 24.3 Å². The molecule has 1 heterocycles. The summed E-state index contributed by atoms with van der Waals surface area (Å²) < 4.78 is 0. The third-order valence-electron chi connectivity index (χ3n) is 5.38. The van der Waals surface area contributed by atoms with Crippen molar-refractivity contribution < 1.29 is 29.5 Å². The van der Waals surface area contributed by atoms with E-state index < -0.39 is 34.4 Å². The molecule has 0 saturated carbocycles. The van der Waals surface area contributed by atoms with Crippen LogP contribution in [0.25, 0.3) is 5.76 Å². The molecule has 10 heteroatoms. The third kappa shape index (κ3) is 5.20. The fraction of sp³-hybridized carbons (Fsp3) is 0.261. The maximum atomic E-state index is 13.0. The fourth-order valence-corrected chi connectivity index (χ4v) is 3.94. The van der Waals surface area contributed by atoms with Gasteiger partial charge in [0.15, 0.2) is 0 Å². The van der Waals surface area contributed by atoms with Crippen LogP contribution in [0.15, 0.2) is 54.1 Å². The summed E-state index contributed by atoms with van der Waals surface area (Å²) in [6.45, 7) is 0.0678. The van der Waals surface area contributed by atoms with Crippen LogP contribution >= 0.6 is 11.6 Å². The molecule has 2 aromatic carbocycles. The number of unbranched alkanes of at least 4 members (excludes halogenated alkanes) is 2. The Bertz CT molecular complexity index is 1130. The Morgan fingerprint density at radius 2 is 1.70 bits per heavy atom. The van der Waals surface area contributed by atoms with Crippen molar-refractivity contribution in [3.8, 4) is 0 Å². The number of carbonyl (C=O) groups excluding carboxylic acids is 2. The lowest BCUT2D eigenvalue weighted by Crippen LogP contribution is -2.31. The molecule has 1 atom stereocenters. The summed E-state index contributed by atoms with van der Waals surface area (Å²) in [5, 5.41) is 31.8. The lowest BCUT2D eigenvalue weighted by Gasteiger charge is -2.25. The second kappa shape index (κ2) is 10.3. The molecular formula is C23H21ClN2O7. The zero-order chi connectivity index (χ0) is 24.1. The highest BCUT2D eigenvalue weighted by molar-refractivity contribution is 6.46. The molecule has 0 aromatic heterocycles. The molecule has 1 unspecified atom stereocenters. The number of nitro benzene ring substituents is 1. The van der Waals surface area contributed by atoms with E-state index in [0.717, 1.165) is 0 Å². The number of carbonyl (C=O) groups is 3. The molecule has 0 aliphatic carbocycles. The van der Waals surface area contributed by atoms with E-state index in [4.69, 9.17) is 16.7 Å². The van der Waals surface area contributed by atoms with Gasteiger partial charge in [-0.1, -0.05) is 30.2 Å². The van der Waals surface area contributed by atoms with Gasteiger partial charge in [0.1, 0.15) is 5.76 Å². The number of hydrogen-bond donors (Lipinski definition) is 2. The summed E-state index contributed by atoms with van der Waals surface area (Å²) in [6.07, 6.45) is 1.23. The number of hydrogen-bond acceptors (Lipinski definition) is 6. The topological polar surface area (TPSA) is 138 Å². The highest BCUT2D eigenvalue weighted by Gasteiger charge is 2.47. The Balaban J connectivity index is 2.06. The number of carboxylic acids is 1. The highest BCUT2D eigenvalue weighted by Crippen LogP contribution is 2.42. The van der Waals surface area contributed by atoms with Crippen molar-refractivity contribution in [3.63, 3.8) is 0 Å². The SMILES string of the molecule is O=C(O)CCCCCN1C(=O)C(=O)/C(=C(/O)c2ccc(Cl)cc2)C1c1ccccc1[N+](=O)[O-]. The van der Waals surface area contributed by atoms with Gasteiger partial charge in [0.05, 0.1) is 22.1 Å². The monoisotopic (exact) mass is 472 g/mol. The number of amides is 1. The molecule has 1 aliphatic rings. The Labute approximate surface area is 194 Å². The van der Waals surface area contributed by atoms with E-state index in [1.54, 1.807) is 6.07 Å². The average Bonchev–Trinajstić information content (AvgIpc) is 3.03. The van der Waals surface area contributed by atoms with E-state index in [9.17, 15) is 29.6 Å². The van der Waals surface area contributed by atoms with Crippen molar-refractivity contribution in [1.29, 1.82) is 0 Å². The van der Waals surface area contributed by atoms with Gasteiger partial charge in [-0.05, 0) is 43.2 Å². The van der Waals surface area contributed by atoms with E-state index in [1.165, 1.54) is 47.4 Å². The Morgan fingerprint density at radius 1 is 1.03 bits per heavy atom. The molecule has 0 radical (unpaired) electrons. The minimum atomic E-state index is -1.17. The lowest BCUT2D eigenvalue weighted by molar-refractivity contribution is -0.385. The molecule has 1 aliphatic heterocycles. The number of likely N-dealkylation sites (tertiary alicyclic amines) is 1. The van der Waals surface area contributed by atoms with Gasteiger partial charge >= 0.3 is 5.97 Å². The van der Waals surface area contributed by atoms with E-state index in [2.05, 4.69) is 0 Å². The number of ketones is 1. The van der Waals surface area contributed by atoms with Gasteiger partial charge in [-0.3, -0.25) is 24.5 Å². The first-order valence-electron chi connectivity index (χ1n) is 10.2. The van der Waals surface area contributed by atoms with Crippen LogP contribution < -0.4 is 0 Å². The number of para-hydroxylation sites is 1. The number of halogens is 1. The van der Waals surface area contributed by atoms with Crippen molar-refractivity contribution in [1.82, 2.24) is 4.90 Å². The molecule has 0 bridgehead atoms. The molecule has 172 valence electrons. The minimum absolute atomic E-state index is 0.0248.